The predicted octanol–water partition coefficient (Wildman–Crippen LogP) is -0.199. The van der Waals surface area contributed by atoms with E-state index in [-0.39, 0.29) is 11.4 Å². The third kappa shape index (κ3) is 2.44. The van der Waals surface area contributed by atoms with Gasteiger partial charge in [-0.25, -0.2) is 13.6 Å². The van der Waals surface area contributed by atoms with Gasteiger partial charge in [-0.15, -0.1) is 0 Å². The highest BCUT2D eigenvalue weighted by Gasteiger charge is 2.10. The molecule has 78 valence electrons. The molecule has 0 fully saturated rings. The molecule has 1 aromatic carbocycles. The van der Waals surface area contributed by atoms with Crippen molar-refractivity contribution in [3.63, 3.8) is 0 Å². The lowest BCUT2D eigenvalue weighted by Crippen LogP contribution is -2.13. The third-order valence-corrected chi connectivity index (χ3v) is 2.63. The van der Waals surface area contributed by atoms with Crippen molar-refractivity contribution >= 4 is 10.0 Å². The zero-order chi connectivity index (χ0) is 10.8. The topological polar surface area (TPSA) is 95.4 Å². The average molecular weight is 216 g/mol. The zero-order valence-corrected chi connectivity index (χ0v) is 8.54. The molecule has 1 aromatic rings. The molecule has 0 aliphatic rings. The molecule has 0 saturated heterocycles. The van der Waals surface area contributed by atoms with Gasteiger partial charge in [0.05, 0.1) is 12.0 Å². The molecule has 5 nitrogen and oxygen atoms in total. The van der Waals surface area contributed by atoms with E-state index in [1.165, 1.54) is 19.2 Å². The Bertz CT molecular complexity index is 406. The Kier molecular flexibility index (Phi) is 3.10. The number of nitrogens with two attached hydrogens (primary N) is 2. The van der Waals surface area contributed by atoms with Crippen LogP contribution in [0.5, 0.6) is 5.75 Å². The average Bonchev–Trinajstić information content (AvgIpc) is 2.15. The molecule has 14 heavy (non-hydrogen) atoms. The number of benzene rings is 1. The quantitative estimate of drug-likeness (QED) is 0.731. The molecule has 0 unspecified atom stereocenters. The van der Waals surface area contributed by atoms with Gasteiger partial charge in [0.25, 0.3) is 0 Å². The van der Waals surface area contributed by atoms with Crippen LogP contribution in [0.3, 0.4) is 0 Å². The van der Waals surface area contributed by atoms with E-state index < -0.39 is 10.0 Å². The number of hydrogen-bond acceptors (Lipinski definition) is 4. The molecule has 0 spiro atoms. The van der Waals surface area contributed by atoms with Crippen molar-refractivity contribution in [1.82, 2.24) is 0 Å². The lowest BCUT2D eigenvalue weighted by molar-refractivity contribution is 0.413. The highest BCUT2D eigenvalue weighted by Crippen LogP contribution is 2.19. The Morgan fingerprint density at radius 3 is 2.43 bits per heavy atom. The first-order valence-electron chi connectivity index (χ1n) is 3.88. The van der Waals surface area contributed by atoms with E-state index in [1.54, 1.807) is 6.07 Å². The van der Waals surface area contributed by atoms with Crippen LogP contribution >= 0.6 is 0 Å². The second-order valence-electron chi connectivity index (χ2n) is 2.77. The summed E-state index contributed by atoms with van der Waals surface area (Å²) in [5, 5.41) is 4.98. The van der Waals surface area contributed by atoms with Crippen molar-refractivity contribution in [3.8, 4) is 5.75 Å². The van der Waals surface area contributed by atoms with Gasteiger partial charge in [-0.05, 0) is 17.7 Å². The molecule has 0 atom stereocenters. The minimum atomic E-state index is -3.70. The fourth-order valence-corrected chi connectivity index (χ4v) is 1.63. The Labute approximate surface area is 82.7 Å². The first-order chi connectivity index (χ1) is 6.47. The van der Waals surface area contributed by atoms with E-state index in [2.05, 4.69) is 0 Å². The number of ether oxygens (including phenoxy) is 1. The van der Waals surface area contributed by atoms with Crippen LogP contribution < -0.4 is 15.6 Å². The Morgan fingerprint density at radius 2 is 2.00 bits per heavy atom. The molecule has 0 aliphatic heterocycles. The summed E-state index contributed by atoms with van der Waals surface area (Å²) in [5.41, 5.74) is 6.05. The van der Waals surface area contributed by atoms with Crippen LogP contribution in [0.15, 0.2) is 23.1 Å². The smallest absolute Gasteiger partial charge is 0.238 e. The van der Waals surface area contributed by atoms with Crippen LogP contribution in [-0.4, -0.2) is 15.5 Å². The van der Waals surface area contributed by atoms with Crippen LogP contribution in [0.4, 0.5) is 0 Å². The third-order valence-electron chi connectivity index (χ3n) is 1.74. The van der Waals surface area contributed by atoms with Crippen LogP contribution in [0.1, 0.15) is 5.56 Å². The number of primary sulfonamides is 1. The summed E-state index contributed by atoms with van der Waals surface area (Å²) in [6, 6.07) is 4.45. The zero-order valence-electron chi connectivity index (χ0n) is 7.73. The van der Waals surface area contributed by atoms with Crippen LogP contribution in [-0.2, 0) is 16.6 Å². The van der Waals surface area contributed by atoms with Crippen molar-refractivity contribution in [1.29, 1.82) is 0 Å². The van der Waals surface area contributed by atoms with E-state index in [0.29, 0.717) is 11.3 Å². The fraction of sp³-hybridized carbons (Fsp3) is 0.250. The van der Waals surface area contributed by atoms with Crippen LogP contribution in [0.2, 0.25) is 0 Å². The lowest BCUT2D eigenvalue weighted by atomic mass is 10.2. The molecule has 0 saturated carbocycles. The Hall–Kier alpha value is -1.11. The van der Waals surface area contributed by atoms with E-state index in [4.69, 9.17) is 15.6 Å². The van der Waals surface area contributed by atoms with Gasteiger partial charge in [0, 0.05) is 12.6 Å². The molecule has 1 rings (SSSR count). The van der Waals surface area contributed by atoms with Crippen LogP contribution in [0, 0.1) is 0 Å². The molecular weight excluding hydrogens is 204 g/mol. The molecule has 0 aliphatic carbocycles. The second-order valence-corrected chi connectivity index (χ2v) is 4.33. The van der Waals surface area contributed by atoms with Crippen molar-refractivity contribution < 1.29 is 13.2 Å². The summed E-state index contributed by atoms with van der Waals surface area (Å²) in [7, 11) is -2.26. The SMILES string of the molecule is COc1cc(CN)cc(S(N)(=O)=O)c1. The first-order valence-corrected chi connectivity index (χ1v) is 5.43. The minimum absolute atomic E-state index is 0.0114. The summed E-state index contributed by atoms with van der Waals surface area (Å²) < 4.78 is 27.0. The molecule has 6 heteroatoms. The second kappa shape index (κ2) is 3.95. The van der Waals surface area contributed by atoms with Crippen molar-refractivity contribution in [2.75, 3.05) is 7.11 Å². The van der Waals surface area contributed by atoms with Gasteiger partial charge >= 0.3 is 0 Å². The Morgan fingerprint density at radius 1 is 1.36 bits per heavy atom. The molecule has 0 bridgehead atoms. The largest absolute Gasteiger partial charge is 0.497 e. The van der Waals surface area contributed by atoms with Gasteiger partial charge < -0.3 is 10.5 Å². The molecule has 0 amide bonds. The lowest BCUT2D eigenvalue weighted by Gasteiger charge is -2.05. The maximum atomic E-state index is 11.1. The molecule has 0 radical (unpaired) electrons. The van der Waals surface area contributed by atoms with Crippen LogP contribution in [0.25, 0.3) is 0 Å². The summed E-state index contributed by atoms with van der Waals surface area (Å²) in [6.07, 6.45) is 0. The van der Waals surface area contributed by atoms with Crippen molar-refractivity contribution in [2.24, 2.45) is 10.9 Å². The maximum absolute atomic E-state index is 11.1. The van der Waals surface area contributed by atoms with Crippen molar-refractivity contribution in [2.45, 2.75) is 11.4 Å². The predicted molar refractivity (Wildman–Crippen MR) is 52.3 cm³/mol. The van der Waals surface area contributed by atoms with Gasteiger partial charge in [-0.3, -0.25) is 0 Å². The van der Waals surface area contributed by atoms with Gasteiger partial charge in [-0.2, -0.15) is 0 Å². The fourth-order valence-electron chi connectivity index (χ4n) is 1.03. The highest BCUT2D eigenvalue weighted by molar-refractivity contribution is 7.89. The number of hydrogen-bond donors (Lipinski definition) is 2. The van der Waals surface area contributed by atoms with E-state index >= 15 is 0 Å². The van der Waals surface area contributed by atoms with E-state index in [0.717, 1.165) is 0 Å². The standard InChI is InChI=1S/C8H12N2O3S/c1-13-7-2-6(5-9)3-8(4-7)14(10,11)12/h2-4H,5,9H2,1H3,(H2,10,11,12). The summed E-state index contributed by atoms with van der Waals surface area (Å²) >= 11 is 0. The molecule has 0 aromatic heterocycles. The summed E-state index contributed by atoms with van der Waals surface area (Å²) in [5.74, 6) is 0.428. The van der Waals surface area contributed by atoms with E-state index in [9.17, 15) is 8.42 Å². The molecule has 4 N–H and O–H groups in total. The van der Waals surface area contributed by atoms with Gasteiger partial charge in [-0.1, -0.05) is 0 Å². The summed E-state index contributed by atoms with van der Waals surface area (Å²) in [6.45, 7) is 0.236. The Balaban J connectivity index is 3.32. The van der Waals surface area contributed by atoms with Gasteiger partial charge in [0.1, 0.15) is 5.75 Å². The summed E-state index contributed by atoms with van der Waals surface area (Å²) in [4.78, 5) is 0.0114. The minimum Gasteiger partial charge on any atom is -0.497 e. The molecular formula is C8H12N2O3S. The maximum Gasteiger partial charge on any atom is 0.238 e. The number of rotatable bonds is 3. The number of methoxy groups -OCH3 is 1. The first kappa shape index (κ1) is 11.0. The van der Waals surface area contributed by atoms with Gasteiger partial charge in [0.15, 0.2) is 0 Å². The highest BCUT2D eigenvalue weighted by atomic mass is 32.2. The van der Waals surface area contributed by atoms with Crippen molar-refractivity contribution in [3.05, 3.63) is 23.8 Å². The monoisotopic (exact) mass is 216 g/mol. The van der Waals surface area contributed by atoms with Gasteiger partial charge in [0.2, 0.25) is 10.0 Å². The normalized spacial score (nSPS) is 11.4. The van der Waals surface area contributed by atoms with E-state index in [1.807, 2.05) is 0 Å². The number of sulfonamides is 1. The molecule has 0 heterocycles.